The van der Waals surface area contributed by atoms with Crippen LogP contribution >= 0.6 is 11.8 Å². The summed E-state index contributed by atoms with van der Waals surface area (Å²) in [4.78, 5) is 12.4. The van der Waals surface area contributed by atoms with Gasteiger partial charge in [0.15, 0.2) is 5.78 Å². The zero-order valence-corrected chi connectivity index (χ0v) is 11.1. The fourth-order valence-electron chi connectivity index (χ4n) is 1.99. The minimum Gasteiger partial charge on any atom is -0.490 e. The van der Waals surface area contributed by atoms with E-state index >= 15 is 0 Å². The fraction of sp³-hybridized carbons (Fsp3) is 0.500. The minimum absolute atomic E-state index is 0.0990. The lowest BCUT2D eigenvalue weighted by Crippen LogP contribution is -2.16. The molecule has 0 saturated carbocycles. The number of ketones is 1. The second kappa shape index (κ2) is 5.58. The van der Waals surface area contributed by atoms with Crippen molar-refractivity contribution in [3.63, 3.8) is 0 Å². The van der Waals surface area contributed by atoms with E-state index in [1.165, 1.54) is 0 Å². The van der Waals surface area contributed by atoms with Crippen molar-refractivity contribution in [3.05, 3.63) is 29.8 Å². The summed E-state index contributed by atoms with van der Waals surface area (Å²) in [5.74, 6) is 3.20. The van der Waals surface area contributed by atoms with Crippen LogP contribution in [0, 0.1) is 5.92 Å². The quantitative estimate of drug-likeness (QED) is 0.766. The van der Waals surface area contributed by atoms with E-state index in [-0.39, 0.29) is 17.8 Å². The Hall–Kier alpha value is -0.960. The van der Waals surface area contributed by atoms with Gasteiger partial charge in [-0.1, -0.05) is 12.1 Å². The standard InChI is InChI=1S/C14H18O2S/c1-10(2)16-13-6-4-3-5-12(13)14(15)11-7-8-17-9-11/h3-6,10-11H,7-9H2,1-2H3. The molecule has 1 aromatic carbocycles. The van der Waals surface area contributed by atoms with E-state index in [0.717, 1.165) is 29.2 Å². The Morgan fingerprint density at radius 2 is 2.18 bits per heavy atom. The first-order valence-electron chi connectivity index (χ1n) is 6.06. The summed E-state index contributed by atoms with van der Waals surface area (Å²) >= 11 is 1.86. The molecule has 2 nitrogen and oxygen atoms in total. The third kappa shape index (κ3) is 3.03. The van der Waals surface area contributed by atoms with Crippen LogP contribution < -0.4 is 4.74 Å². The molecule has 0 aliphatic carbocycles. The van der Waals surface area contributed by atoms with Crippen molar-refractivity contribution < 1.29 is 9.53 Å². The highest BCUT2D eigenvalue weighted by Gasteiger charge is 2.26. The van der Waals surface area contributed by atoms with Crippen molar-refractivity contribution in [2.24, 2.45) is 5.92 Å². The summed E-state index contributed by atoms with van der Waals surface area (Å²) in [7, 11) is 0. The molecule has 17 heavy (non-hydrogen) atoms. The monoisotopic (exact) mass is 250 g/mol. The largest absolute Gasteiger partial charge is 0.490 e. The molecule has 92 valence electrons. The number of Topliss-reactive ketones (excluding diaryl/α,β-unsaturated/α-hetero) is 1. The Morgan fingerprint density at radius 1 is 1.41 bits per heavy atom. The number of para-hydroxylation sites is 1. The van der Waals surface area contributed by atoms with Crippen LogP contribution in [0.1, 0.15) is 30.6 Å². The molecule has 1 fully saturated rings. The number of ether oxygens (including phenoxy) is 1. The Morgan fingerprint density at radius 3 is 2.82 bits per heavy atom. The van der Waals surface area contributed by atoms with Crippen LogP contribution in [0.2, 0.25) is 0 Å². The van der Waals surface area contributed by atoms with Gasteiger partial charge in [0.2, 0.25) is 0 Å². The highest BCUT2D eigenvalue weighted by atomic mass is 32.2. The van der Waals surface area contributed by atoms with Gasteiger partial charge in [-0.2, -0.15) is 11.8 Å². The highest BCUT2D eigenvalue weighted by Crippen LogP contribution is 2.30. The zero-order chi connectivity index (χ0) is 12.3. The molecular weight excluding hydrogens is 232 g/mol. The van der Waals surface area contributed by atoms with Gasteiger partial charge in [-0.3, -0.25) is 4.79 Å². The molecule has 0 amide bonds. The van der Waals surface area contributed by atoms with Gasteiger partial charge >= 0.3 is 0 Å². The van der Waals surface area contributed by atoms with Crippen LogP contribution in [0.15, 0.2) is 24.3 Å². The smallest absolute Gasteiger partial charge is 0.170 e. The summed E-state index contributed by atoms with van der Waals surface area (Å²) in [6, 6.07) is 7.58. The van der Waals surface area contributed by atoms with Crippen molar-refractivity contribution in [1.82, 2.24) is 0 Å². The molecule has 0 bridgehead atoms. The Balaban J connectivity index is 2.21. The maximum atomic E-state index is 12.4. The fourth-order valence-corrected chi connectivity index (χ4v) is 3.21. The lowest BCUT2D eigenvalue weighted by Gasteiger charge is -2.15. The molecule has 0 radical (unpaired) electrons. The lowest BCUT2D eigenvalue weighted by atomic mass is 9.96. The van der Waals surface area contributed by atoms with Crippen LogP contribution in [0.4, 0.5) is 0 Å². The van der Waals surface area contributed by atoms with Crippen LogP contribution in [0.5, 0.6) is 5.75 Å². The van der Waals surface area contributed by atoms with E-state index in [0.29, 0.717) is 0 Å². The third-order valence-electron chi connectivity index (χ3n) is 2.82. The minimum atomic E-state index is 0.0990. The molecule has 1 aromatic rings. The van der Waals surface area contributed by atoms with Gasteiger partial charge < -0.3 is 4.74 Å². The molecule has 0 N–H and O–H groups in total. The van der Waals surface area contributed by atoms with E-state index in [2.05, 4.69) is 0 Å². The van der Waals surface area contributed by atoms with E-state index in [4.69, 9.17) is 4.74 Å². The second-order valence-corrected chi connectivity index (χ2v) is 5.74. The number of hydrogen-bond acceptors (Lipinski definition) is 3. The molecule has 2 rings (SSSR count). The number of rotatable bonds is 4. The molecule has 1 aliphatic rings. The van der Waals surface area contributed by atoms with Gasteiger partial charge in [-0.25, -0.2) is 0 Å². The predicted molar refractivity (Wildman–Crippen MR) is 72.0 cm³/mol. The summed E-state index contributed by atoms with van der Waals surface area (Å²) in [6.45, 7) is 3.96. The SMILES string of the molecule is CC(C)Oc1ccccc1C(=O)C1CCSC1. The summed E-state index contributed by atoms with van der Waals surface area (Å²) < 4.78 is 5.70. The van der Waals surface area contributed by atoms with Gasteiger partial charge in [0.1, 0.15) is 5.75 Å². The molecule has 0 spiro atoms. The normalized spacial score (nSPS) is 19.6. The van der Waals surface area contributed by atoms with E-state index < -0.39 is 0 Å². The van der Waals surface area contributed by atoms with E-state index in [1.807, 2.05) is 49.9 Å². The Bertz CT molecular complexity index is 395. The topological polar surface area (TPSA) is 26.3 Å². The van der Waals surface area contributed by atoms with Crippen molar-refractivity contribution in [2.75, 3.05) is 11.5 Å². The van der Waals surface area contributed by atoms with Crippen LogP contribution in [0.3, 0.4) is 0 Å². The first-order valence-corrected chi connectivity index (χ1v) is 7.21. The second-order valence-electron chi connectivity index (χ2n) is 4.59. The van der Waals surface area contributed by atoms with E-state index in [9.17, 15) is 4.79 Å². The van der Waals surface area contributed by atoms with Gasteiger partial charge in [-0.05, 0) is 38.2 Å². The van der Waals surface area contributed by atoms with Crippen molar-refractivity contribution in [3.8, 4) is 5.75 Å². The van der Waals surface area contributed by atoms with Crippen LogP contribution in [-0.4, -0.2) is 23.4 Å². The Labute approximate surface area is 107 Å². The highest BCUT2D eigenvalue weighted by molar-refractivity contribution is 7.99. The first-order chi connectivity index (χ1) is 8.18. The molecule has 1 atom stereocenters. The van der Waals surface area contributed by atoms with Gasteiger partial charge in [0, 0.05) is 11.7 Å². The number of thioether (sulfide) groups is 1. The van der Waals surface area contributed by atoms with Gasteiger partial charge in [0.05, 0.1) is 11.7 Å². The number of carbonyl (C=O) groups excluding carboxylic acids is 1. The van der Waals surface area contributed by atoms with Crippen molar-refractivity contribution >= 4 is 17.5 Å². The summed E-state index contributed by atoms with van der Waals surface area (Å²) in [5, 5.41) is 0. The molecule has 1 heterocycles. The maximum absolute atomic E-state index is 12.4. The Kier molecular flexibility index (Phi) is 4.11. The molecule has 0 aromatic heterocycles. The molecule has 1 saturated heterocycles. The van der Waals surface area contributed by atoms with Gasteiger partial charge in [0.25, 0.3) is 0 Å². The average Bonchev–Trinajstić information content (AvgIpc) is 2.81. The van der Waals surface area contributed by atoms with Crippen LogP contribution in [-0.2, 0) is 0 Å². The summed E-state index contributed by atoms with van der Waals surface area (Å²) in [6.07, 6.45) is 1.10. The third-order valence-corrected chi connectivity index (χ3v) is 3.98. The number of hydrogen-bond donors (Lipinski definition) is 0. The molecular formula is C14H18O2S. The lowest BCUT2D eigenvalue weighted by molar-refractivity contribution is 0.0928. The van der Waals surface area contributed by atoms with Crippen molar-refractivity contribution in [1.29, 1.82) is 0 Å². The molecule has 3 heteroatoms. The first kappa shape index (κ1) is 12.5. The van der Waals surface area contributed by atoms with Gasteiger partial charge in [-0.15, -0.1) is 0 Å². The van der Waals surface area contributed by atoms with Crippen molar-refractivity contribution in [2.45, 2.75) is 26.4 Å². The van der Waals surface area contributed by atoms with E-state index in [1.54, 1.807) is 0 Å². The molecule has 1 unspecified atom stereocenters. The summed E-state index contributed by atoms with van der Waals surface area (Å²) in [5.41, 5.74) is 0.744. The maximum Gasteiger partial charge on any atom is 0.170 e. The zero-order valence-electron chi connectivity index (χ0n) is 10.3. The van der Waals surface area contributed by atoms with Crippen LogP contribution in [0.25, 0.3) is 0 Å². The number of benzene rings is 1. The average molecular weight is 250 g/mol. The number of carbonyl (C=O) groups is 1. The predicted octanol–water partition coefficient (Wildman–Crippen LogP) is 3.41. The molecule has 1 aliphatic heterocycles.